The van der Waals surface area contributed by atoms with Crippen LogP contribution in [-0.2, 0) is 6.54 Å². The van der Waals surface area contributed by atoms with Gasteiger partial charge in [0.1, 0.15) is 11.6 Å². The zero-order chi connectivity index (χ0) is 15.3. The van der Waals surface area contributed by atoms with Gasteiger partial charge >= 0.3 is 0 Å². The predicted molar refractivity (Wildman–Crippen MR) is 82.6 cm³/mol. The van der Waals surface area contributed by atoms with Crippen molar-refractivity contribution in [3.63, 3.8) is 0 Å². The van der Waals surface area contributed by atoms with Crippen molar-refractivity contribution in [2.75, 3.05) is 39.1 Å². The molecular weight excluding hydrogens is 255 g/mol. The highest BCUT2D eigenvalue weighted by Crippen LogP contribution is 2.18. The third-order valence-corrected chi connectivity index (χ3v) is 2.96. The Hall–Kier alpha value is -1.20. The number of rotatable bonds is 6. The second kappa shape index (κ2) is 6.99. The topological polar surface area (TPSA) is 31.4 Å². The number of nitrogens with one attached hydrogen (secondary N) is 1. The van der Waals surface area contributed by atoms with E-state index in [1.54, 1.807) is 6.07 Å². The Morgan fingerprint density at radius 1 is 1.20 bits per heavy atom. The summed E-state index contributed by atoms with van der Waals surface area (Å²) in [7, 11) is 6.06. The molecule has 0 aliphatic rings. The fourth-order valence-corrected chi connectivity index (χ4v) is 1.76. The molecule has 1 aromatic rings. The Bertz CT molecular complexity index is 426. The molecular formula is C15H27FN4. The molecule has 0 saturated heterocycles. The van der Waals surface area contributed by atoms with Crippen molar-refractivity contribution >= 4 is 5.82 Å². The average Bonchev–Trinajstić information content (AvgIpc) is 2.32. The Morgan fingerprint density at radius 3 is 2.40 bits per heavy atom. The number of aromatic nitrogens is 1. The van der Waals surface area contributed by atoms with Gasteiger partial charge in [0.25, 0.3) is 0 Å². The zero-order valence-electron chi connectivity index (χ0n) is 13.5. The van der Waals surface area contributed by atoms with E-state index in [4.69, 9.17) is 0 Å². The summed E-state index contributed by atoms with van der Waals surface area (Å²) in [6.07, 6.45) is 1.28. The number of hydrogen-bond donors (Lipinski definition) is 1. The number of likely N-dealkylation sites (N-methyl/N-ethyl adjacent to an activating group) is 2. The first-order chi connectivity index (χ1) is 9.19. The van der Waals surface area contributed by atoms with Crippen LogP contribution in [0.25, 0.3) is 0 Å². The van der Waals surface area contributed by atoms with Gasteiger partial charge < -0.3 is 15.1 Å². The normalized spacial score (nSPS) is 12.0. The van der Waals surface area contributed by atoms with E-state index in [9.17, 15) is 4.39 Å². The molecule has 5 heteroatoms. The van der Waals surface area contributed by atoms with Crippen molar-refractivity contribution in [1.29, 1.82) is 0 Å². The van der Waals surface area contributed by atoms with Gasteiger partial charge in [0.15, 0.2) is 0 Å². The summed E-state index contributed by atoms with van der Waals surface area (Å²) in [6.45, 7) is 8.67. The molecule has 20 heavy (non-hydrogen) atoms. The molecule has 1 heterocycles. The molecule has 0 atom stereocenters. The van der Waals surface area contributed by atoms with E-state index >= 15 is 0 Å². The molecule has 0 spiro atoms. The van der Waals surface area contributed by atoms with E-state index in [2.05, 4.69) is 40.9 Å². The Morgan fingerprint density at radius 2 is 1.85 bits per heavy atom. The van der Waals surface area contributed by atoms with Gasteiger partial charge in [0.05, 0.1) is 6.20 Å². The maximum Gasteiger partial charge on any atom is 0.141 e. The highest BCUT2D eigenvalue weighted by atomic mass is 19.1. The van der Waals surface area contributed by atoms with Crippen LogP contribution in [0.2, 0.25) is 0 Å². The zero-order valence-corrected chi connectivity index (χ0v) is 13.5. The second-order valence-corrected chi connectivity index (χ2v) is 6.46. The van der Waals surface area contributed by atoms with Crippen LogP contribution in [0.3, 0.4) is 0 Å². The summed E-state index contributed by atoms with van der Waals surface area (Å²) >= 11 is 0. The van der Waals surface area contributed by atoms with E-state index in [-0.39, 0.29) is 11.4 Å². The fourth-order valence-electron chi connectivity index (χ4n) is 1.76. The first-order valence-electron chi connectivity index (χ1n) is 6.94. The highest BCUT2D eigenvalue weighted by Gasteiger charge is 2.14. The standard InChI is InChI=1S/C15H27FN4/c1-15(2,3)18-10-12-9-13(16)11-17-14(12)20(6)8-7-19(4)5/h9,11,18H,7-8,10H2,1-6H3. The van der Waals surface area contributed by atoms with Gasteiger partial charge in [-0.1, -0.05) is 0 Å². The van der Waals surface area contributed by atoms with Crippen LogP contribution in [0.4, 0.5) is 10.2 Å². The predicted octanol–water partition coefficient (Wildman–Crippen LogP) is 2.11. The Kier molecular flexibility index (Phi) is 5.89. The molecule has 114 valence electrons. The SMILES string of the molecule is CN(C)CCN(C)c1ncc(F)cc1CNC(C)(C)C. The molecule has 0 bridgehead atoms. The summed E-state index contributed by atoms with van der Waals surface area (Å²) in [4.78, 5) is 8.44. The second-order valence-electron chi connectivity index (χ2n) is 6.46. The van der Waals surface area contributed by atoms with Crippen LogP contribution in [0.1, 0.15) is 26.3 Å². The van der Waals surface area contributed by atoms with E-state index in [0.29, 0.717) is 6.54 Å². The lowest BCUT2D eigenvalue weighted by atomic mass is 10.1. The van der Waals surface area contributed by atoms with Crippen molar-refractivity contribution in [3.8, 4) is 0 Å². The number of pyridine rings is 1. The van der Waals surface area contributed by atoms with E-state index in [1.165, 1.54) is 6.20 Å². The van der Waals surface area contributed by atoms with Crippen LogP contribution in [-0.4, -0.2) is 49.7 Å². The fraction of sp³-hybridized carbons (Fsp3) is 0.667. The van der Waals surface area contributed by atoms with Gasteiger partial charge in [0, 0.05) is 37.8 Å². The van der Waals surface area contributed by atoms with Crippen molar-refractivity contribution in [2.45, 2.75) is 32.9 Å². The van der Waals surface area contributed by atoms with E-state index in [1.807, 2.05) is 21.1 Å². The third-order valence-electron chi connectivity index (χ3n) is 2.96. The molecule has 0 aromatic carbocycles. The van der Waals surface area contributed by atoms with Gasteiger partial charge in [-0.3, -0.25) is 0 Å². The molecule has 0 radical (unpaired) electrons. The van der Waals surface area contributed by atoms with E-state index < -0.39 is 0 Å². The summed E-state index contributed by atoms with van der Waals surface area (Å²) in [5, 5.41) is 3.38. The number of halogens is 1. The van der Waals surface area contributed by atoms with Gasteiger partial charge in [-0.2, -0.15) is 0 Å². The van der Waals surface area contributed by atoms with Crippen molar-refractivity contribution in [1.82, 2.24) is 15.2 Å². The smallest absolute Gasteiger partial charge is 0.141 e. The molecule has 0 amide bonds. The summed E-state index contributed by atoms with van der Waals surface area (Å²) in [5.74, 6) is 0.547. The Balaban J connectivity index is 2.83. The minimum absolute atomic E-state index is 0.00814. The van der Waals surface area contributed by atoms with Crippen molar-refractivity contribution in [2.24, 2.45) is 0 Å². The van der Waals surface area contributed by atoms with Crippen molar-refractivity contribution < 1.29 is 4.39 Å². The van der Waals surface area contributed by atoms with Crippen LogP contribution >= 0.6 is 0 Å². The molecule has 1 N–H and O–H groups in total. The number of anilines is 1. The van der Waals surface area contributed by atoms with Crippen LogP contribution in [0.5, 0.6) is 0 Å². The molecule has 0 fully saturated rings. The molecule has 4 nitrogen and oxygen atoms in total. The van der Waals surface area contributed by atoms with Gasteiger partial charge in [-0.25, -0.2) is 9.37 Å². The maximum absolute atomic E-state index is 13.4. The Labute approximate surface area is 122 Å². The molecule has 0 unspecified atom stereocenters. The lowest BCUT2D eigenvalue weighted by Gasteiger charge is -2.25. The average molecular weight is 282 g/mol. The summed E-state index contributed by atoms with van der Waals surface area (Å²) in [6, 6.07) is 1.56. The molecule has 0 aliphatic carbocycles. The summed E-state index contributed by atoms with van der Waals surface area (Å²) in [5.41, 5.74) is 0.882. The molecule has 1 aromatic heterocycles. The first kappa shape index (κ1) is 16.9. The van der Waals surface area contributed by atoms with Gasteiger partial charge in [-0.15, -0.1) is 0 Å². The number of nitrogens with zero attached hydrogens (tertiary/aromatic N) is 3. The van der Waals surface area contributed by atoms with Crippen molar-refractivity contribution in [3.05, 3.63) is 23.6 Å². The lowest BCUT2D eigenvalue weighted by Crippen LogP contribution is -2.36. The van der Waals surface area contributed by atoms with Crippen LogP contribution in [0, 0.1) is 5.82 Å². The van der Waals surface area contributed by atoms with Gasteiger partial charge in [0.2, 0.25) is 0 Å². The minimum Gasteiger partial charge on any atom is -0.358 e. The minimum atomic E-state index is -0.291. The van der Waals surface area contributed by atoms with Crippen LogP contribution < -0.4 is 10.2 Å². The largest absolute Gasteiger partial charge is 0.358 e. The van der Waals surface area contributed by atoms with Gasteiger partial charge in [-0.05, 0) is 40.9 Å². The molecule has 0 saturated carbocycles. The molecule has 1 rings (SSSR count). The maximum atomic E-state index is 13.4. The van der Waals surface area contributed by atoms with Crippen LogP contribution in [0.15, 0.2) is 12.3 Å². The highest BCUT2D eigenvalue weighted by molar-refractivity contribution is 5.46. The summed E-state index contributed by atoms with van der Waals surface area (Å²) < 4.78 is 13.4. The lowest BCUT2D eigenvalue weighted by molar-refractivity contribution is 0.414. The first-order valence-corrected chi connectivity index (χ1v) is 6.94. The quantitative estimate of drug-likeness (QED) is 0.866. The molecule has 0 aliphatic heterocycles. The van der Waals surface area contributed by atoms with E-state index in [0.717, 1.165) is 24.5 Å². The third kappa shape index (κ3) is 5.84. The monoisotopic (exact) mass is 282 g/mol. The number of hydrogen-bond acceptors (Lipinski definition) is 4.